The highest BCUT2D eigenvalue weighted by Crippen LogP contribution is 2.15. The molecule has 0 amide bonds. The summed E-state index contributed by atoms with van der Waals surface area (Å²) in [6.45, 7) is 0. The van der Waals surface area contributed by atoms with Crippen molar-refractivity contribution < 1.29 is 0 Å². The van der Waals surface area contributed by atoms with Crippen molar-refractivity contribution in [2.75, 3.05) is 0 Å². The van der Waals surface area contributed by atoms with Gasteiger partial charge in [-0.15, -0.1) is 0 Å². The molecule has 0 aromatic carbocycles. The van der Waals surface area contributed by atoms with E-state index in [9.17, 15) is 0 Å². The number of H-pyrrole nitrogens is 1. The van der Waals surface area contributed by atoms with Crippen molar-refractivity contribution in [2.24, 2.45) is 0 Å². The Kier molecular flexibility index (Phi) is 2.52. The van der Waals surface area contributed by atoms with E-state index in [2.05, 4.69) is 15.0 Å². The van der Waals surface area contributed by atoms with Crippen molar-refractivity contribution in [3.8, 4) is 17.3 Å². The molecular weight excluding hydrogens is 208 g/mol. The van der Waals surface area contributed by atoms with Gasteiger partial charge in [0.1, 0.15) is 10.7 Å². The zero-order valence-corrected chi connectivity index (χ0v) is 8.45. The average Bonchev–Trinajstić information content (AvgIpc) is 2.29. The van der Waals surface area contributed by atoms with E-state index < -0.39 is 0 Å². The minimum Gasteiger partial charge on any atom is -0.344 e. The Morgan fingerprint density at radius 1 is 1.20 bits per heavy atom. The predicted octanol–water partition coefficient (Wildman–Crippen LogP) is 2.07. The van der Waals surface area contributed by atoms with Crippen LogP contribution >= 0.6 is 12.2 Å². The highest BCUT2D eigenvalue weighted by atomic mass is 32.1. The van der Waals surface area contributed by atoms with Crippen LogP contribution in [0.1, 0.15) is 5.56 Å². The molecule has 2 aromatic heterocycles. The van der Waals surface area contributed by atoms with Crippen LogP contribution in [0.25, 0.3) is 11.3 Å². The number of hydrogen-bond acceptors (Lipinski definition) is 4. The Bertz CT molecular complexity index is 582. The van der Waals surface area contributed by atoms with Crippen molar-refractivity contribution in [1.82, 2.24) is 15.0 Å². The van der Waals surface area contributed by atoms with E-state index in [4.69, 9.17) is 17.5 Å². The maximum absolute atomic E-state index is 8.73. The fourth-order valence-corrected chi connectivity index (χ4v) is 1.34. The van der Waals surface area contributed by atoms with E-state index in [1.54, 1.807) is 24.7 Å². The zero-order valence-electron chi connectivity index (χ0n) is 7.64. The van der Waals surface area contributed by atoms with Crippen LogP contribution < -0.4 is 0 Å². The summed E-state index contributed by atoms with van der Waals surface area (Å²) in [5.74, 6) is 0. The molecule has 0 aliphatic heterocycles. The number of pyridine rings is 1. The SMILES string of the molecule is N#Cc1cncc(-c2cncc(=S)[nH]2)c1. The summed E-state index contributed by atoms with van der Waals surface area (Å²) >= 11 is 4.96. The van der Waals surface area contributed by atoms with Crippen molar-refractivity contribution in [1.29, 1.82) is 5.26 Å². The monoisotopic (exact) mass is 214 g/mol. The smallest absolute Gasteiger partial charge is 0.122 e. The number of rotatable bonds is 1. The third-order valence-electron chi connectivity index (χ3n) is 1.83. The van der Waals surface area contributed by atoms with Crippen LogP contribution in [0.15, 0.2) is 30.9 Å². The third kappa shape index (κ3) is 2.06. The maximum atomic E-state index is 8.73. The summed E-state index contributed by atoms with van der Waals surface area (Å²) in [6, 6.07) is 3.76. The number of aromatic amines is 1. The van der Waals surface area contributed by atoms with Crippen LogP contribution in [0.4, 0.5) is 0 Å². The second-order valence-electron chi connectivity index (χ2n) is 2.88. The highest BCUT2D eigenvalue weighted by Gasteiger charge is 1.99. The Balaban J connectivity index is 2.55. The Morgan fingerprint density at radius 2 is 2.00 bits per heavy atom. The van der Waals surface area contributed by atoms with E-state index in [1.807, 2.05) is 6.07 Å². The van der Waals surface area contributed by atoms with Crippen LogP contribution in [0.5, 0.6) is 0 Å². The van der Waals surface area contributed by atoms with E-state index >= 15 is 0 Å². The molecule has 2 rings (SSSR count). The molecule has 72 valence electrons. The topological polar surface area (TPSA) is 65.4 Å². The lowest BCUT2D eigenvalue weighted by Gasteiger charge is -2.00. The van der Waals surface area contributed by atoms with E-state index in [0.29, 0.717) is 10.2 Å². The van der Waals surface area contributed by atoms with Crippen LogP contribution in [-0.2, 0) is 0 Å². The van der Waals surface area contributed by atoms with Gasteiger partial charge in [-0.2, -0.15) is 5.26 Å². The van der Waals surface area contributed by atoms with Crippen LogP contribution in [0, 0.1) is 16.0 Å². The molecule has 0 atom stereocenters. The number of hydrogen-bond donors (Lipinski definition) is 1. The van der Waals surface area contributed by atoms with Gasteiger partial charge >= 0.3 is 0 Å². The molecule has 0 saturated heterocycles. The fraction of sp³-hybridized carbons (Fsp3) is 0. The molecule has 2 heterocycles. The summed E-state index contributed by atoms with van der Waals surface area (Å²) in [5.41, 5.74) is 2.07. The average molecular weight is 214 g/mol. The predicted molar refractivity (Wildman–Crippen MR) is 57.4 cm³/mol. The van der Waals surface area contributed by atoms with Crippen molar-refractivity contribution in [2.45, 2.75) is 0 Å². The first-order chi connectivity index (χ1) is 7.29. The van der Waals surface area contributed by atoms with Gasteiger partial charge < -0.3 is 4.98 Å². The summed E-state index contributed by atoms with van der Waals surface area (Å²) in [4.78, 5) is 10.9. The summed E-state index contributed by atoms with van der Waals surface area (Å²) in [7, 11) is 0. The molecule has 0 spiro atoms. The van der Waals surface area contributed by atoms with Crippen LogP contribution in [-0.4, -0.2) is 15.0 Å². The molecule has 0 radical (unpaired) electrons. The minimum atomic E-state index is 0.510. The Labute approximate surface area is 91.3 Å². The second-order valence-corrected chi connectivity index (χ2v) is 3.32. The van der Waals surface area contributed by atoms with Crippen LogP contribution in [0.2, 0.25) is 0 Å². The minimum absolute atomic E-state index is 0.510. The summed E-state index contributed by atoms with van der Waals surface area (Å²) < 4.78 is 0.551. The molecular formula is C10H6N4S. The lowest BCUT2D eigenvalue weighted by Crippen LogP contribution is -1.88. The van der Waals surface area contributed by atoms with Crippen molar-refractivity contribution in [3.05, 3.63) is 41.1 Å². The first kappa shape index (κ1) is 9.49. The Morgan fingerprint density at radius 3 is 2.73 bits per heavy atom. The molecule has 0 fully saturated rings. The quantitative estimate of drug-likeness (QED) is 0.738. The fourth-order valence-electron chi connectivity index (χ4n) is 1.17. The van der Waals surface area contributed by atoms with E-state index in [1.165, 1.54) is 6.20 Å². The number of aromatic nitrogens is 3. The molecule has 0 unspecified atom stereocenters. The highest BCUT2D eigenvalue weighted by molar-refractivity contribution is 7.71. The molecule has 5 heteroatoms. The molecule has 0 aliphatic rings. The molecule has 0 aliphatic carbocycles. The molecule has 2 aromatic rings. The van der Waals surface area contributed by atoms with Crippen molar-refractivity contribution >= 4 is 12.2 Å². The molecule has 0 bridgehead atoms. The normalized spacial score (nSPS) is 9.53. The molecule has 15 heavy (non-hydrogen) atoms. The van der Waals surface area contributed by atoms with Gasteiger partial charge in [0.15, 0.2) is 0 Å². The van der Waals surface area contributed by atoms with Crippen LogP contribution in [0.3, 0.4) is 0 Å². The largest absolute Gasteiger partial charge is 0.344 e. The first-order valence-corrected chi connectivity index (χ1v) is 4.60. The van der Waals surface area contributed by atoms with E-state index in [0.717, 1.165) is 11.3 Å². The van der Waals surface area contributed by atoms with Gasteiger partial charge in [-0.1, -0.05) is 12.2 Å². The van der Waals surface area contributed by atoms with Gasteiger partial charge in [0, 0.05) is 18.0 Å². The standard InChI is InChI=1S/C10H6N4S/c11-2-7-1-8(4-12-3-7)9-5-13-6-10(15)14-9/h1,3-6H,(H,14,15). The maximum Gasteiger partial charge on any atom is 0.122 e. The molecule has 4 nitrogen and oxygen atoms in total. The lowest BCUT2D eigenvalue weighted by atomic mass is 10.2. The van der Waals surface area contributed by atoms with Gasteiger partial charge in [0.25, 0.3) is 0 Å². The second kappa shape index (κ2) is 3.98. The van der Waals surface area contributed by atoms with Crippen molar-refractivity contribution in [3.63, 3.8) is 0 Å². The van der Waals surface area contributed by atoms with Gasteiger partial charge in [0.05, 0.1) is 23.7 Å². The lowest BCUT2D eigenvalue weighted by molar-refractivity contribution is 1.17. The molecule has 1 N–H and O–H groups in total. The van der Waals surface area contributed by atoms with Gasteiger partial charge in [0.2, 0.25) is 0 Å². The number of nitrogens with zero attached hydrogens (tertiary/aromatic N) is 3. The number of nitriles is 1. The summed E-state index contributed by atoms with van der Waals surface area (Å²) in [6.07, 6.45) is 6.37. The Hall–Kier alpha value is -2.06. The summed E-state index contributed by atoms with van der Waals surface area (Å²) in [5, 5.41) is 8.73. The van der Waals surface area contributed by atoms with Gasteiger partial charge in [-0.25, -0.2) is 0 Å². The number of nitrogens with one attached hydrogen (secondary N) is 1. The van der Waals surface area contributed by atoms with Gasteiger partial charge in [-0.3, -0.25) is 9.97 Å². The van der Waals surface area contributed by atoms with Gasteiger partial charge in [-0.05, 0) is 6.07 Å². The first-order valence-electron chi connectivity index (χ1n) is 4.19. The molecule has 0 saturated carbocycles. The van der Waals surface area contributed by atoms with E-state index in [-0.39, 0.29) is 0 Å². The zero-order chi connectivity index (χ0) is 10.7. The third-order valence-corrected chi connectivity index (χ3v) is 2.04.